The van der Waals surface area contributed by atoms with Crippen LogP contribution in [0.2, 0.25) is 5.28 Å². The van der Waals surface area contributed by atoms with E-state index in [0.717, 1.165) is 0 Å². The summed E-state index contributed by atoms with van der Waals surface area (Å²) in [7, 11) is 1.55. The minimum atomic E-state index is -0.631. The van der Waals surface area contributed by atoms with Gasteiger partial charge < -0.3 is 15.8 Å². The maximum absolute atomic E-state index is 11.5. The zero-order chi connectivity index (χ0) is 12.0. The van der Waals surface area contributed by atoms with Crippen molar-refractivity contribution in [3.05, 3.63) is 17.5 Å². The van der Waals surface area contributed by atoms with Crippen molar-refractivity contribution in [1.82, 2.24) is 9.97 Å². The summed E-state index contributed by atoms with van der Waals surface area (Å²) in [5, 5.41) is 2.61. The largest absolute Gasteiger partial charge is 0.385 e. The van der Waals surface area contributed by atoms with Gasteiger partial charge in [-0.2, -0.15) is 0 Å². The Morgan fingerprint density at radius 2 is 2.50 bits per heavy atom. The maximum atomic E-state index is 11.5. The van der Waals surface area contributed by atoms with E-state index in [1.807, 2.05) is 0 Å². The quantitative estimate of drug-likeness (QED) is 0.734. The van der Waals surface area contributed by atoms with Gasteiger partial charge in [-0.25, -0.2) is 9.97 Å². The summed E-state index contributed by atoms with van der Waals surface area (Å²) in [4.78, 5) is 19.0. The average molecular weight is 245 g/mol. The summed E-state index contributed by atoms with van der Waals surface area (Å²) >= 11 is 5.57. The van der Waals surface area contributed by atoms with E-state index in [4.69, 9.17) is 22.1 Å². The van der Waals surface area contributed by atoms with Gasteiger partial charge in [0.1, 0.15) is 5.82 Å². The molecule has 1 atom stereocenters. The van der Waals surface area contributed by atoms with Crippen LogP contribution in [-0.4, -0.2) is 35.6 Å². The molecule has 1 heterocycles. The third-order valence-corrected chi connectivity index (χ3v) is 2.03. The van der Waals surface area contributed by atoms with Crippen molar-refractivity contribution in [2.24, 2.45) is 5.73 Å². The third kappa shape index (κ3) is 4.09. The first-order valence-electron chi connectivity index (χ1n) is 4.67. The normalized spacial score (nSPS) is 12.2. The van der Waals surface area contributed by atoms with Crippen LogP contribution in [0.15, 0.2) is 12.3 Å². The number of nitrogens with two attached hydrogens (primary N) is 1. The molecule has 0 aliphatic carbocycles. The topological polar surface area (TPSA) is 90.1 Å². The molecular formula is C9H13ClN4O2. The molecule has 88 valence electrons. The molecule has 0 aliphatic rings. The lowest BCUT2D eigenvalue weighted by Gasteiger charge is -2.10. The van der Waals surface area contributed by atoms with E-state index in [9.17, 15) is 4.79 Å². The Balaban J connectivity index is 2.50. The highest BCUT2D eigenvalue weighted by molar-refractivity contribution is 6.28. The van der Waals surface area contributed by atoms with Gasteiger partial charge in [0, 0.05) is 19.9 Å². The molecule has 1 unspecified atom stereocenters. The summed E-state index contributed by atoms with van der Waals surface area (Å²) in [5.41, 5.74) is 5.62. The highest BCUT2D eigenvalue weighted by Crippen LogP contribution is 2.06. The molecule has 0 saturated carbocycles. The first kappa shape index (κ1) is 12.8. The van der Waals surface area contributed by atoms with Crippen LogP contribution >= 0.6 is 11.6 Å². The summed E-state index contributed by atoms with van der Waals surface area (Å²) in [6.07, 6.45) is 1.90. The van der Waals surface area contributed by atoms with E-state index in [-0.39, 0.29) is 11.2 Å². The second kappa shape index (κ2) is 6.37. The number of nitrogens with one attached hydrogen (secondary N) is 1. The molecule has 16 heavy (non-hydrogen) atoms. The smallest absolute Gasteiger partial charge is 0.242 e. The molecule has 0 radical (unpaired) electrons. The highest BCUT2D eigenvalue weighted by atomic mass is 35.5. The second-order valence-corrected chi connectivity index (χ2v) is 3.43. The van der Waals surface area contributed by atoms with Crippen molar-refractivity contribution < 1.29 is 9.53 Å². The number of ether oxygens (including phenoxy) is 1. The van der Waals surface area contributed by atoms with Crippen molar-refractivity contribution in [1.29, 1.82) is 0 Å². The molecule has 7 heteroatoms. The SMILES string of the molecule is COCCC(N)C(=O)Nc1ccnc(Cl)n1. The van der Waals surface area contributed by atoms with Crippen molar-refractivity contribution in [3.63, 3.8) is 0 Å². The molecule has 3 N–H and O–H groups in total. The molecule has 0 fully saturated rings. The first-order valence-corrected chi connectivity index (χ1v) is 5.05. The Morgan fingerprint density at radius 3 is 3.12 bits per heavy atom. The summed E-state index contributed by atoms with van der Waals surface area (Å²) in [6, 6.07) is 0.904. The van der Waals surface area contributed by atoms with Gasteiger partial charge >= 0.3 is 0 Å². The number of rotatable bonds is 5. The predicted octanol–water partition coefficient (Wildman–Crippen LogP) is 0.432. The van der Waals surface area contributed by atoms with Gasteiger partial charge in [0.15, 0.2) is 0 Å². The minimum absolute atomic E-state index is 0.0725. The van der Waals surface area contributed by atoms with E-state index >= 15 is 0 Å². The van der Waals surface area contributed by atoms with Gasteiger partial charge in [-0.15, -0.1) is 0 Å². The molecule has 1 aromatic rings. The fourth-order valence-corrected chi connectivity index (χ4v) is 1.15. The molecule has 1 rings (SSSR count). The number of halogens is 1. The number of amides is 1. The number of anilines is 1. The Bertz CT molecular complexity index is 361. The fourth-order valence-electron chi connectivity index (χ4n) is 0.999. The number of methoxy groups -OCH3 is 1. The molecule has 1 aromatic heterocycles. The molecule has 0 aromatic carbocycles. The Morgan fingerprint density at radius 1 is 1.75 bits per heavy atom. The van der Waals surface area contributed by atoms with Gasteiger partial charge in [-0.1, -0.05) is 0 Å². The van der Waals surface area contributed by atoms with Gasteiger partial charge in [-0.3, -0.25) is 4.79 Å². The van der Waals surface area contributed by atoms with Crippen LogP contribution in [0.4, 0.5) is 5.82 Å². The zero-order valence-electron chi connectivity index (χ0n) is 8.81. The van der Waals surface area contributed by atoms with Gasteiger partial charge in [-0.05, 0) is 24.1 Å². The van der Waals surface area contributed by atoms with Crippen LogP contribution in [0.1, 0.15) is 6.42 Å². The lowest BCUT2D eigenvalue weighted by Crippen LogP contribution is -2.36. The monoisotopic (exact) mass is 244 g/mol. The van der Waals surface area contributed by atoms with Gasteiger partial charge in [0.2, 0.25) is 11.2 Å². The van der Waals surface area contributed by atoms with E-state index in [0.29, 0.717) is 18.8 Å². The van der Waals surface area contributed by atoms with Crippen molar-refractivity contribution in [2.75, 3.05) is 19.0 Å². The van der Waals surface area contributed by atoms with E-state index in [1.165, 1.54) is 12.3 Å². The molecule has 6 nitrogen and oxygen atoms in total. The lowest BCUT2D eigenvalue weighted by molar-refractivity contribution is -0.117. The van der Waals surface area contributed by atoms with E-state index in [1.54, 1.807) is 7.11 Å². The van der Waals surface area contributed by atoms with E-state index < -0.39 is 6.04 Å². The van der Waals surface area contributed by atoms with Crippen molar-refractivity contribution in [2.45, 2.75) is 12.5 Å². The van der Waals surface area contributed by atoms with Gasteiger partial charge in [0.25, 0.3) is 0 Å². The molecule has 1 amide bonds. The van der Waals surface area contributed by atoms with Crippen LogP contribution < -0.4 is 11.1 Å². The Hall–Kier alpha value is -1.24. The first-order chi connectivity index (χ1) is 7.63. The highest BCUT2D eigenvalue weighted by Gasteiger charge is 2.13. The van der Waals surface area contributed by atoms with E-state index in [2.05, 4.69) is 15.3 Å². The number of hydrogen-bond donors (Lipinski definition) is 2. The standard InChI is InChI=1S/C9H13ClN4O2/c1-16-5-3-6(11)8(15)13-7-2-4-12-9(10)14-7/h2,4,6H,3,5,11H2,1H3,(H,12,13,14,15). The number of nitrogens with zero attached hydrogens (tertiary/aromatic N) is 2. The summed E-state index contributed by atoms with van der Waals surface area (Å²) in [6.45, 7) is 0.430. The van der Waals surface area contributed by atoms with Crippen LogP contribution in [0.5, 0.6) is 0 Å². The molecule has 0 spiro atoms. The molecule has 0 aliphatic heterocycles. The molecule has 0 saturated heterocycles. The predicted molar refractivity (Wildman–Crippen MR) is 60.1 cm³/mol. The summed E-state index contributed by atoms with van der Waals surface area (Å²) < 4.78 is 4.83. The molecule has 0 bridgehead atoms. The molecular weight excluding hydrogens is 232 g/mol. The lowest BCUT2D eigenvalue weighted by atomic mass is 10.2. The average Bonchev–Trinajstić information content (AvgIpc) is 2.25. The van der Waals surface area contributed by atoms with Gasteiger partial charge in [0.05, 0.1) is 6.04 Å². The van der Waals surface area contributed by atoms with Crippen molar-refractivity contribution >= 4 is 23.3 Å². The number of carbonyl (C=O) groups excluding carboxylic acids is 1. The number of hydrogen-bond acceptors (Lipinski definition) is 5. The number of aromatic nitrogens is 2. The Labute approximate surface area is 98.2 Å². The maximum Gasteiger partial charge on any atom is 0.242 e. The zero-order valence-corrected chi connectivity index (χ0v) is 9.57. The Kier molecular flexibility index (Phi) is 5.10. The van der Waals surface area contributed by atoms with Crippen LogP contribution in [0.3, 0.4) is 0 Å². The van der Waals surface area contributed by atoms with Crippen LogP contribution in [0.25, 0.3) is 0 Å². The van der Waals surface area contributed by atoms with Crippen molar-refractivity contribution in [3.8, 4) is 0 Å². The minimum Gasteiger partial charge on any atom is -0.385 e. The fraction of sp³-hybridized carbons (Fsp3) is 0.444. The number of carbonyl (C=O) groups is 1. The summed E-state index contributed by atoms with van der Waals surface area (Å²) in [5.74, 6) is 0.00434. The van der Waals surface area contributed by atoms with Crippen LogP contribution in [-0.2, 0) is 9.53 Å². The van der Waals surface area contributed by atoms with Crippen LogP contribution in [0, 0.1) is 0 Å². The second-order valence-electron chi connectivity index (χ2n) is 3.09. The third-order valence-electron chi connectivity index (χ3n) is 1.85.